The van der Waals surface area contributed by atoms with Crippen LogP contribution < -0.4 is 14.8 Å². The highest BCUT2D eigenvalue weighted by atomic mass is 19.1. The van der Waals surface area contributed by atoms with Crippen LogP contribution in [0, 0.1) is 12.7 Å². The van der Waals surface area contributed by atoms with Crippen molar-refractivity contribution in [2.24, 2.45) is 0 Å². The number of nitrogens with one attached hydrogen (secondary N) is 1. The van der Waals surface area contributed by atoms with Gasteiger partial charge in [0.15, 0.2) is 11.5 Å². The highest BCUT2D eigenvalue weighted by Crippen LogP contribution is 2.51. The molecule has 31 heavy (non-hydrogen) atoms. The van der Waals surface area contributed by atoms with Gasteiger partial charge in [-0.05, 0) is 72.4 Å². The number of carbonyl (C=O) groups excluding carboxylic acids is 1. The zero-order valence-electron chi connectivity index (χ0n) is 17.1. The summed E-state index contributed by atoms with van der Waals surface area (Å²) in [5.41, 5.74) is 3.75. The molecule has 1 saturated carbocycles. The molecule has 1 heterocycles. The van der Waals surface area contributed by atoms with E-state index in [2.05, 4.69) is 5.32 Å². The minimum atomic E-state index is -0.569. The van der Waals surface area contributed by atoms with Crippen LogP contribution in [0.4, 0.5) is 10.1 Å². The summed E-state index contributed by atoms with van der Waals surface area (Å²) < 4.78 is 25.0. The quantitative estimate of drug-likeness (QED) is 0.630. The number of rotatable bonds is 5. The van der Waals surface area contributed by atoms with E-state index in [-0.39, 0.29) is 24.9 Å². The molecule has 3 aromatic carbocycles. The summed E-state index contributed by atoms with van der Waals surface area (Å²) in [6.07, 6.45) is 1.54. The first-order valence-corrected chi connectivity index (χ1v) is 10.2. The molecule has 1 aliphatic heterocycles. The number of ether oxygens (including phenoxy) is 2. The smallest absolute Gasteiger partial charge is 0.235 e. The lowest BCUT2D eigenvalue weighted by Crippen LogP contribution is -2.27. The van der Waals surface area contributed by atoms with Crippen LogP contribution in [0.2, 0.25) is 0 Å². The highest BCUT2D eigenvalue weighted by Gasteiger charge is 2.51. The van der Waals surface area contributed by atoms with E-state index in [4.69, 9.17) is 9.47 Å². The number of aliphatic hydroxyl groups is 1. The Morgan fingerprint density at radius 3 is 2.61 bits per heavy atom. The zero-order chi connectivity index (χ0) is 21.6. The topological polar surface area (TPSA) is 67.8 Å². The fourth-order valence-electron chi connectivity index (χ4n) is 4.07. The molecule has 0 atom stereocenters. The first kappa shape index (κ1) is 19.6. The SMILES string of the molecule is Cc1ccc(NC(=O)C2(c3ccc4c(c3)OCO4)CC2)cc1-c1ccc(CO)c(F)c1. The van der Waals surface area contributed by atoms with Gasteiger partial charge in [-0.25, -0.2) is 4.39 Å². The Bertz CT molecular complexity index is 1190. The lowest BCUT2D eigenvalue weighted by molar-refractivity contribution is -0.118. The van der Waals surface area contributed by atoms with Crippen LogP contribution in [0.3, 0.4) is 0 Å². The number of carbonyl (C=O) groups is 1. The molecular formula is C25H22FNO4. The van der Waals surface area contributed by atoms with E-state index >= 15 is 0 Å². The molecule has 1 aliphatic carbocycles. The van der Waals surface area contributed by atoms with Crippen molar-refractivity contribution < 1.29 is 23.8 Å². The Labute approximate surface area is 179 Å². The number of benzene rings is 3. The molecule has 2 aliphatic rings. The Hall–Kier alpha value is -3.38. The average Bonchev–Trinajstić information content (AvgIpc) is 3.46. The largest absolute Gasteiger partial charge is 0.454 e. The second-order valence-corrected chi connectivity index (χ2v) is 8.10. The van der Waals surface area contributed by atoms with E-state index in [9.17, 15) is 14.3 Å². The third kappa shape index (κ3) is 3.43. The van der Waals surface area contributed by atoms with Gasteiger partial charge in [-0.15, -0.1) is 0 Å². The second-order valence-electron chi connectivity index (χ2n) is 8.10. The van der Waals surface area contributed by atoms with Gasteiger partial charge >= 0.3 is 0 Å². The number of amides is 1. The summed E-state index contributed by atoms with van der Waals surface area (Å²) in [6.45, 7) is 1.79. The summed E-state index contributed by atoms with van der Waals surface area (Å²) in [4.78, 5) is 13.2. The van der Waals surface area contributed by atoms with Gasteiger partial charge in [0, 0.05) is 11.3 Å². The number of anilines is 1. The predicted molar refractivity (Wildman–Crippen MR) is 115 cm³/mol. The van der Waals surface area contributed by atoms with Gasteiger partial charge in [0.2, 0.25) is 12.7 Å². The molecule has 6 heteroatoms. The first-order chi connectivity index (χ1) is 15.0. The van der Waals surface area contributed by atoms with Gasteiger partial charge in [0.25, 0.3) is 0 Å². The van der Waals surface area contributed by atoms with Crippen LogP contribution >= 0.6 is 0 Å². The van der Waals surface area contributed by atoms with Gasteiger partial charge in [-0.1, -0.05) is 24.3 Å². The number of hydrogen-bond acceptors (Lipinski definition) is 4. The Morgan fingerprint density at radius 2 is 1.87 bits per heavy atom. The molecule has 0 radical (unpaired) electrons. The molecule has 1 amide bonds. The third-order valence-corrected chi connectivity index (χ3v) is 6.14. The van der Waals surface area contributed by atoms with Crippen molar-refractivity contribution in [3.8, 4) is 22.6 Å². The molecule has 3 aromatic rings. The summed E-state index contributed by atoms with van der Waals surface area (Å²) in [6, 6.07) is 16.0. The fraction of sp³-hybridized carbons (Fsp3) is 0.240. The highest BCUT2D eigenvalue weighted by molar-refractivity contribution is 6.02. The number of halogens is 1. The summed E-state index contributed by atoms with van der Waals surface area (Å²) >= 11 is 0. The second kappa shape index (κ2) is 7.39. The number of aryl methyl sites for hydroxylation is 1. The van der Waals surface area contributed by atoms with Gasteiger partial charge in [0.05, 0.1) is 12.0 Å². The maximum atomic E-state index is 14.2. The van der Waals surface area contributed by atoms with Crippen LogP contribution in [0.15, 0.2) is 54.6 Å². The van der Waals surface area contributed by atoms with Crippen molar-refractivity contribution in [2.45, 2.75) is 31.8 Å². The van der Waals surface area contributed by atoms with Crippen molar-refractivity contribution in [1.29, 1.82) is 0 Å². The van der Waals surface area contributed by atoms with Gasteiger partial charge in [-0.2, -0.15) is 0 Å². The lowest BCUT2D eigenvalue weighted by atomic mass is 9.94. The van der Waals surface area contributed by atoms with E-state index < -0.39 is 11.2 Å². The van der Waals surface area contributed by atoms with E-state index in [1.807, 2.05) is 43.3 Å². The molecule has 0 spiro atoms. The van der Waals surface area contributed by atoms with Crippen LogP contribution in [-0.4, -0.2) is 17.8 Å². The maximum absolute atomic E-state index is 14.2. The number of aliphatic hydroxyl groups excluding tert-OH is 1. The Balaban J connectivity index is 1.41. The number of fused-ring (bicyclic) bond motifs is 1. The molecule has 0 unspecified atom stereocenters. The fourth-order valence-corrected chi connectivity index (χ4v) is 4.07. The van der Waals surface area contributed by atoms with Crippen molar-refractivity contribution in [3.63, 3.8) is 0 Å². The molecule has 0 aromatic heterocycles. The molecule has 158 valence electrons. The van der Waals surface area contributed by atoms with Crippen molar-refractivity contribution in [1.82, 2.24) is 0 Å². The Kier molecular flexibility index (Phi) is 4.67. The van der Waals surface area contributed by atoms with Crippen molar-refractivity contribution in [2.75, 3.05) is 12.1 Å². The molecule has 0 saturated heterocycles. The van der Waals surface area contributed by atoms with E-state index in [1.165, 1.54) is 6.07 Å². The van der Waals surface area contributed by atoms with E-state index in [0.717, 1.165) is 29.5 Å². The molecule has 5 nitrogen and oxygen atoms in total. The van der Waals surface area contributed by atoms with Crippen molar-refractivity contribution >= 4 is 11.6 Å². The molecular weight excluding hydrogens is 397 g/mol. The monoisotopic (exact) mass is 419 g/mol. The third-order valence-electron chi connectivity index (χ3n) is 6.14. The molecule has 0 bridgehead atoms. The van der Waals surface area contributed by atoms with Crippen LogP contribution in [0.1, 0.15) is 29.5 Å². The normalized spacial score (nSPS) is 15.6. The van der Waals surface area contributed by atoms with Gasteiger partial charge < -0.3 is 19.9 Å². The molecule has 5 rings (SSSR count). The van der Waals surface area contributed by atoms with Gasteiger partial charge in [0.1, 0.15) is 5.82 Å². The standard InChI is InChI=1S/C25H22FNO4/c1-15-2-6-19(12-20(15)16-3-4-17(13-28)21(26)10-16)27-24(29)25(8-9-25)18-5-7-22-23(11-18)31-14-30-22/h2-7,10-12,28H,8-9,13-14H2,1H3,(H,27,29). The zero-order valence-corrected chi connectivity index (χ0v) is 17.1. The summed E-state index contributed by atoms with van der Waals surface area (Å²) in [7, 11) is 0. The van der Waals surface area contributed by atoms with E-state index in [0.29, 0.717) is 22.7 Å². The Morgan fingerprint density at radius 1 is 1.06 bits per heavy atom. The van der Waals surface area contributed by atoms with Crippen LogP contribution in [0.25, 0.3) is 11.1 Å². The van der Waals surface area contributed by atoms with Crippen LogP contribution in [0.5, 0.6) is 11.5 Å². The molecule has 2 N–H and O–H groups in total. The lowest BCUT2D eigenvalue weighted by Gasteiger charge is -2.17. The maximum Gasteiger partial charge on any atom is 0.235 e. The minimum absolute atomic E-state index is 0.0667. The minimum Gasteiger partial charge on any atom is -0.454 e. The van der Waals surface area contributed by atoms with E-state index in [1.54, 1.807) is 12.1 Å². The summed E-state index contributed by atoms with van der Waals surface area (Å²) in [5.74, 6) is 0.849. The van der Waals surface area contributed by atoms with Gasteiger partial charge in [-0.3, -0.25) is 4.79 Å². The number of hydrogen-bond donors (Lipinski definition) is 2. The van der Waals surface area contributed by atoms with Crippen molar-refractivity contribution in [3.05, 3.63) is 77.1 Å². The first-order valence-electron chi connectivity index (χ1n) is 10.2. The predicted octanol–water partition coefficient (Wildman–Crippen LogP) is 4.69. The summed E-state index contributed by atoms with van der Waals surface area (Å²) in [5, 5.41) is 12.2. The molecule has 1 fully saturated rings. The van der Waals surface area contributed by atoms with Crippen LogP contribution in [-0.2, 0) is 16.8 Å². The average molecular weight is 419 g/mol.